The fourth-order valence-corrected chi connectivity index (χ4v) is 7.14. The Hall–Kier alpha value is -3.43. The largest absolute Gasteiger partial charge is 0.363 e. The summed E-state index contributed by atoms with van der Waals surface area (Å²) in [5.74, 6) is -2.31. The zero-order valence-corrected chi connectivity index (χ0v) is 21.3. The lowest BCUT2D eigenvalue weighted by Crippen LogP contribution is -2.56. The lowest BCUT2D eigenvalue weighted by atomic mass is 9.60. The van der Waals surface area contributed by atoms with Gasteiger partial charge in [0.25, 0.3) is 5.91 Å². The molecule has 3 fully saturated rings. The number of carbonyl (C=O) groups is 1. The molecule has 0 radical (unpaired) electrons. The number of nitrogens with one attached hydrogen (secondary N) is 1. The number of pyridine rings is 2. The van der Waals surface area contributed by atoms with E-state index in [9.17, 15) is 22.8 Å². The summed E-state index contributed by atoms with van der Waals surface area (Å²) in [5, 5.41) is 2.94. The Balaban J connectivity index is 1.43. The van der Waals surface area contributed by atoms with E-state index in [1.165, 1.54) is 22.9 Å². The molecular formula is C28H28F4N4O2. The Morgan fingerprint density at radius 3 is 2.58 bits per heavy atom. The van der Waals surface area contributed by atoms with Gasteiger partial charge in [-0.15, -0.1) is 0 Å². The summed E-state index contributed by atoms with van der Waals surface area (Å²) in [6.07, 6.45) is 1.80. The van der Waals surface area contributed by atoms with Crippen LogP contribution in [0, 0.1) is 23.5 Å². The molecule has 4 unspecified atom stereocenters. The highest BCUT2D eigenvalue weighted by atomic mass is 19.2. The molecule has 200 valence electrons. The molecule has 0 spiro atoms. The number of aromatic nitrogens is 2. The zero-order chi connectivity index (χ0) is 27.2. The van der Waals surface area contributed by atoms with Gasteiger partial charge in [-0.3, -0.25) is 14.2 Å². The average molecular weight is 529 g/mol. The third-order valence-electron chi connectivity index (χ3n) is 8.57. The van der Waals surface area contributed by atoms with E-state index in [4.69, 9.17) is 0 Å². The van der Waals surface area contributed by atoms with Crippen molar-refractivity contribution in [2.75, 3.05) is 19.0 Å². The van der Waals surface area contributed by atoms with E-state index >= 15 is 4.39 Å². The summed E-state index contributed by atoms with van der Waals surface area (Å²) in [5.41, 5.74) is -5.06. The van der Waals surface area contributed by atoms with Crippen LogP contribution in [0.25, 0.3) is 16.7 Å². The second-order valence-corrected chi connectivity index (χ2v) is 11.8. The van der Waals surface area contributed by atoms with Crippen molar-refractivity contribution in [1.29, 1.82) is 0 Å². The first kappa shape index (κ1) is 24.9. The number of benzene rings is 1. The molecule has 2 bridgehead atoms. The summed E-state index contributed by atoms with van der Waals surface area (Å²) in [4.78, 5) is 33.3. The lowest BCUT2D eigenvalue weighted by Gasteiger charge is -2.50. The van der Waals surface area contributed by atoms with Crippen LogP contribution in [0.5, 0.6) is 0 Å². The van der Waals surface area contributed by atoms with Crippen LogP contribution < -0.4 is 15.6 Å². The van der Waals surface area contributed by atoms with Crippen LogP contribution in [0.3, 0.4) is 0 Å². The minimum absolute atomic E-state index is 0.0411. The van der Waals surface area contributed by atoms with E-state index < -0.39 is 39.8 Å². The molecule has 1 aromatic carbocycles. The van der Waals surface area contributed by atoms with Gasteiger partial charge in [-0.1, -0.05) is 0 Å². The van der Waals surface area contributed by atoms with Crippen molar-refractivity contribution in [2.45, 2.75) is 55.9 Å². The highest BCUT2D eigenvalue weighted by Gasteiger charge is 2.69. The highest BCUT2D eigenvalue weighted by molar-refractivity contribution is 5.97. The smallest absolute Gasteiger partial charge is 0.257 e. The van der Waals surface area contributed by atoms with Crippen molar-refractivity contribution in [2.24, 2.45) is 11.8 Å². The number of amides is 1. The quantitative estimate of drug-likeness (QED) is 0.492. The first-order valence-corrected chi connectivity index (χ1v) is 12.7. The molecule has 1 N–H and O–H groups in total. The Bertz CT molecular complexity index is 1560. The molecule has 5 atom stereocenters. The Labute approximate surface area is 216 Å². The number of rotatable bonds is 4. The van der Waals surface area contributed by atoms with Crippen LogP contribution in [-0.4, -0.2) is 46.4 Å². The van der Waals surface area contributed by atoms with Gasteiger partial charge in [0.15, 0.2) is 5.65 Å². The average Bonchev–Trinajstić information content (AvgIpc) is 2.96. The van der Waals surface area contributed by atoms with E-state index in [1.807, 2.05) is 0 Å². The van der Waals surface area contributed by atoms with Crippen LogP contribution >= 0.6 is 0 Å². The van der Waals surface area contributed by atoms with Crippen molar-refractivity contribution >= 4 is 22.8 Å². The van der Waals surface area contributed by atoms with Crippen molar-refractivity contribution in [3.8, 4) is 5.69 Å². The molecule has 2 heterocycles. The van der Waals surface area contributed by atoms with Crippen molar-refractivity contribution in [3.63, 3.8) is 0 Å². The maximum Gasteiger partial charge on any atom is 0.257 e. The molecule has 6 rings (SSSR count). The van der Waals surface area contributed by atoms with Crippen molar-refractivity contribution < 1.29 is 22.4 Å². The summed E-state index contributed by atoms with van der Waals surface area (Å²) < 4.78 is 60.4. The van der Waals surface area contributed by atoms with Crippen LogP contribution in [0.15, 0.2) is 41.3 Å². The summed E-state index contributed by atoms with van der Waals surface area (Å²) >= 11 is 0. The third kappa shape index (κ3) is 3.79. The molecule has 38 heavy (non-hydrogen) atoms. The normalized spacial score (nSPS) is 31.6. The number of fused-ring (bicyclic) bond motifs is 2. The highest BCUT2D eigenvalue weighted by Crippen LogP contribution is 2.66. The van der Waals surface area contributed by atoms with Gasteiger partial charge in [-0.05, 0) is 62.3 Å². The van der Waals surface area contributed by atoms with Gasteiger partial charge in [0, 0.05) is 44.7 Å². The molecule has 6 nitrogen and oxygen atoms in total. The van der Waals surface area contributed by atoms with Gasteiger partial charge in [-0.2, -0.15) is 0 Å². The van der Waals surface area contributed by atoms with Gasteiger partial charge in [0.2, 0.25) is 5.43 Å². The molecule has 3 aromatic rings. The van der Waals surface area contributed by atoms with Gasteiger partial charge in [0.05, 0.1) is 11.1 Å². The Kier molecular flexibility index (Phi) is 5.26. The molecule has 3 aliphatic carbocycles. The maximum atomic E-state index is 15.7. The van der Waals surface area contributed by atoms with Gasteiger partial charge < -0.3 is 10.2 Å². The standard InChI is InChI=1S/C28H28F4N4O2/c1-26(9-15-10-28(32)14-27(31,13-26)11-19(15)28)34-25(38)18-12-36(21-6-4-16(29)8-20(21)30)24-17(23(18)37)5-7-22(33-24)35(2)3/h4-8,12,15,19H,9-11,13-14H2,1-3H3,(H,34,38)/t15?,19?,26?,27-,28?/m1/s1. The van der Waals surface area contributed by atoms with Gasteiger partial charge in [0.1, 0.15) is 34.4 Å². The second kappa shape index (κ2) is 8.04. The Morgan fingerprint density at radius 2 is 1.87 bits per heavy atom. The predicted molar refractivity (Wildman–Crippen MR) is 135 cm³/mol. The second-order valence-electron chi connectivity index (χ2n) is 11.8. The maximum absolute atomic E-state index is 15.7. The summed E-state index contributed by atoms with van der Waals surface area (Å²) in [6.45, 7) is 1.73. The lowest BCUT2D eigenvalue weighted by molar-refractivity contribution is -0.0708. The van der Waals surface area contributed by atoms with E-state index in [2.05, 4.69) is 10.3 Å². The number of nitrogens with zero attached hydrogens (tertiary/aromatic N) is 3. The van der Waals surface area contributed by atoms with E-state index in [0.29, 0.717) is 18.3 Å². The molecule has 3 saturated carbocycles. The summed E-state index contributed by atoms with van der Waals surface area (Å²) in [7, 11) is 3.51. The number of hydrogen-bond acceptors (Lipinski definition) is 4. The fourth-order valence-electron chi connectivity index (χ4n) is 7.14. The minimum atomic E-state index is -1.72. The molecule has 3 aliphatic rings. The van der Waals surface area contributed by atoms with E-state index in [1.54, 1.807) is 32.0 Å². The number of anilines is 1. The van der Waals surface area contributed by atoms with Gasteiger partial charge in [-0.25, -0.2) is 22.5 Å². The minimum Gasteiger partial charge on any atom is -0.363 e. The molecule has 0 saturated heterocycles. The number of hydrogen-bond donors (Lipinski definition) is 1. The van der Waals surface area contributed by atoms with Gasteiger partial charge >= 0.3 is 0 Å². The molecule has 0 aliphatic heterocycles. The Morgan fingerprint density at radius 1 is 1.11 bits per heavy atom. The number of halogens is 4. The fraction of sp³-hybridized carbons (Fsp3) is 0.464. The summed E-state index contributed by atoms with van der Waals surface area (Å²) in [6, 6.07) is 6.10. The first-order valence-electron chi connectivity index (χ1n) is 12.7. The SMILES string of the molecule is CN(C)c1ccc2c(=O)c(C(=O)NC3(C)CC4CC5(F)C[C@@](F)(CC45)C3)cn(-c3ccc(F)cc3F)c2n1. The molecule has 10 heteroatoms. The van der Waals surface area contributed by atoms with Crippen LogP contribution in [0.2, 0.25) is 0 Å². The predicted octanol–water partition coefficient (Wildman–Crippen LogP) is 4.86. The molecular weight excluding hydrogens is 500 g/mol. The van der Waals surface area contributed by atoms with Crippen LogP contribution in [-0.2, 0) is 0 Å². The third-order valence-corrected chi connectivity index (χ3v) is 8.57. The molecule has 2 aromatic heterocycles. The monoisotopic (exact) mass is 528 g/mol. The van der Waals surface area contributed by atoms with Crippen LogP contribution in [0.4, 0.5) is 23.4 Å². The molecule has 1 amide bonds. The topological polar surface area (TPSA) is 67.2 Å². The zero-order valence-electron chi connectivity index (χ0n) is 21.3. The van der Waals surface area contributed by atoms with E-state index in [-0.39, 0.29) is 59.8 Å². The first-order chi connectivity index (χ1) is 17.8. The van der Waals surface area contributed by atoms with Crippen molar-refractivity contribution in [3.05, 3.63) is 63.9 Å². The number of alkyl halides is 2. The number of carbonyl (C=O) groups excluding carboxylic acids is 1. The van der Waals surface area contributed by atoms with Crippen LogP contribution in [0.1, 0.15) is 49.4 Å². The van der Waals surface area contributed by atoms with Crippen molar-refractivity contribution in [1.82, 2.24) is 14.9 Å². The van der Waals surface area contributed by atoms with E-state index in [0.717, 1.165) is 6.07 Å².